The van der Waals surface area contributed by atoms with Gasteiger partial charge in [-0.05, 0) is 12.3 Å². The molecular formula is C17H33NO4. The lowest BCUT2D eigenvalue weighted by molar-refractivity contribution is -0.0388. The van der Waals surface area contributed by atoms with Gasteiger partial charge in [-0.2, -0.15) is 0 Å². The van der Waals surface area contributed by atoms with Crippen LogP contribution in [0.3, 0.4) is 0 Å². The molecule has 3 unspecified atom stereocenters. The fourth-order valence-electron chi connectivity index (χ4n) is 2.04. The van der Waals surface area contributed by atoms with E-state index in [4.69, 9.17) is 14.6 Å². The predicted octanol–water partition coefficient (Wildman–Crippen LogP) is 3.08. The Morgan fingerprint density at radius 1 is 1.23 bits per heavy atom. The molecule has 0 saturated carbocycles. The van der Waals surface area contributed by atoms with Crippen LogP contribution in [0.2, 0.25) is 0 Å². The van der Waals surface area contributed by atoms with E-state index < -0.39 is 0 Å². The van der Waals surface area contributed by atoms with Gasteiger partial charge in [0.1, 0.15) is 6.23 Å². The topological polar surface area (TPSA) is 60.7 Å². The number of ether oxygens (including phenoxy) is 2. The molecule has 0 aromatic carbocycles. The van der Waals surface area contributed by atoms with Gasteiger partial charge in [-0.15, -0.1) is 0 Å². The number of aliphatic hydroxyl groups excluding tert-OH is 1. The van der Waals surface area contributed by atoms with E-state index >= 15 is 0 Å². The molecule has 0 spiro atoms. The van der Waals surface area contributed by atoms with Crippen molar-refractivity contribution in [1.29, 1.82) is 0 Å². The molecule has 130 valence electrons. The summed E-state index contributed by atoms with van der Waals surface area (Å²) in [4.78, 5) is 11.0. The molecule has 22 heavy (non-hydrogen) atoms. The molecule has 0 bridgehead atoms. The van der Waals surface area contributed by atoms with E-state index in [-0.39, 0.29) is 17.8 Å². The molecule has 1 aliphatic heterocycles. The average molecular weight is 315 g/mol. The van der Waals surface area contributed by atoms with Crippen molar-refractivity contribution in [3.63, 3.8) is 0 Å². The summed E-state index contributed by atoms with van der Waals surface area (Å²) in [7, 11) is 2.68. The second kappa shape index (κ2) is 14.8. The molecule has 2 heterocycles. The van der Waals surface area contributed by atoms with Gasteiger partial charge in [0.25, 0.3) is 0 Å². The first-order chi connectivity index (χ1) is 10.7. The summed E-state index contributed by atoms with van der Waals surface area (Å²) in [5.74, 6) is 0.476. The van der Waals surface area contributed by atoms with Crippen LogP contribution in [-0.2, 0) is 9.47 Å². The fourth-order valence-corrected chi connectivity index (χ4v) is 2.04. The highest BCUT2D eigenvalue weighted by molar-refractivity contribution is 4.95. The van der Waals surface area contributed by atoms with Gasteiger partial charge in [0, 0.05) is 38.7 Å². The van der Waals surface area contributed by atoms with Gasteiger partial charge in [-0.1, -0.05) is 34.6 Å². The van der Waals surface area contributed by atoms with Crippen LogP contribution in [0.1, 0.15) is 47.3 Å². The van der Waals surface area contributed by atoms with E-state index in [9.17, 15) is 4.79 Å². The van der Waals surface area contributed by atoms with E-state index in [1.54, 1.807) is 31.6 Å². The normalized spacial score (nSPS) is 22.3. The van der Waals surface area contributed by atoms with Gasteiger partial charge in [0.15, 0.2) is 5.43 Å². The van der Waals surface area contributed by atoms with E-state index in [1.807, 2.05) is 32.3 Å². The zero-order valence-corrected chi connectivity index (χ0v) is 15.1. The highest BCUT2D eigenvalue weighted by Crippen LogP contribution is 2.32. The molecule has 5 heteroatoms. The summed E-state index contributed by atoms with van der Waals surface area (Å²) < 4.78 is 12.9. The lowest BCUT2D eigenvalue weighted by atomic mass is 10.0. The van der Waals surface area contributed by atoms with Crippen LogP contribution in [0.25, 0.3) is 0 Å². The van der Waals surface area contributed by atoms with E-state index in [2.05, 4.69) is 6.92 Å². The summed E-state index contributed by atoms with van der Waals surface area (Å²) >= 11 is 0. The van der Waals surface area contributed by atoms with E-state index in [0.717, 1.165) is 13.5 Å². The average Bonchev–Trinajstić information content (AvgIpc) is 2.95. The molecule has 1 aliphatic rings. The van der Waals surface area contributed by atoms with Gasteiger partial charge in [-0.25, -0.2) is 0 Å². The van der Waals surface area contributed by atoms with Crippen LogP contribution >= 0.6 is 0 Å². The van der Waals surface area contributed by atoms with Crippen LogP contribution in [0.4, 0.5) is 0 Å². The summed E-state index contributed by atoms with van der Waals surface area (Å²) in [6.45, 7) is 10.8. The van der Waals surface area contributed by atoms with Crippen molar-refractivity contribution in [3.05, 3.63) is 34.7 Å². The molecule has 1 fully saturated rings. The SMILES string of the molecule is CC.CC.CO.COCC1OC(n2ccc(=O)cc2)CC1C. The number of aromatic nitrogens is 1. The Morgan fingerprint density at radius 3 is 2.18 bits per heavy atom. The number of methoxy groups -OCH3 is 1. The van der Waals surface area contributed by atoms with Gasteiger partial charge in [-0.3, -0.25) is 4.79 Å². The van der Waals surface area contributed by atoms with Crippen LogP contribution in [-0.4, -0.2) is 36.6 Å². The molecule has 0 radical (unpaired) electrons. The molecule has 0 aliphatic carbocycles. The first kappa shape index (κ1) is 23.1. The number of nitrogens with zero attached hydrogens (tertiary/aromatic N) is 1. The largest absolute Gasteiger partial charge is 0.400 e. The van der Waals surface area contributed by atoms with Crippen LogP contribution in [0.5, 0.6) is 0 Å². The zero-order chi connectivity index (χ0) is 17.5. The van der Waals surface area contributed by atoms with Crippen LogP contribution in [0.15, 0.2) is 29.3 Å². The van der Waals surface area contributed by atoms with Crippen molar-refractivity contribution in [2.24, 2.45) is 5.92 Å². The molecule has 1 N–H and O–H groups in total. The van der Waals surface area contributed by atoms with Gasteiger partial charge in [0.2, 0.25) is 0 Å². The molecule has 2 rings (SSSR count). The Balaban J connectivity index is 0. The molecule has 1 saturated heterocycles. The quantitative estimate of drug-likeness (QED) is 0.931. The first-order valence-corrected chi connectivity index (χ1v) is 7.97. The third-order valence-corrected chi connectivity index (χ3v) is 3.03. The van der Waals surface area contributed by atoms with Crippen LogP contribution < -0.4 is 5.43 Å². The third kappa shape index (κ3) is 7.73. The molecule has 0 amide bonds. The molecule has 3 atom stereocenters. The van der Waals surface area contributed by atoms with Gasteiger partial charge in [0.05, 0.1) is 12.7 Å². The lowest BCUT2D eigenvalue weighted by Crippen LogP contribution is -2.20. The highest BCUT2D eigenvalue weighted by atomic mass is 16.5. The maximum Gasteiger partial charge on any atom is 0.181 e. The smallest absolute Gasteiger partial charge is 0.181 e. The Kier molecular flexibility index (Phi) is 15.5. The second-order valence-corrected chi connectivity index (χ2v) is 4.28. The lowest BCUT2D eigenvalue weighted by Gasteiger charge is -2.16. The summed E-state index contributed by atoms with van der Waals surface area (Å²) in [6, 6.07) is 3.11. The predicted molar refractivity (Wildman–Crippen MR) is 91.1 cm³/mol. The minimum atomic E-state index is 0.0238. The Bertz CT molecular complexity index is 385. The summed E-state index contributed by atoms with van der Waals surface area (Å²) in [5.41, 5.74) is 0.0238. The first-order valence-electron chi connectivity index (χ1n) is 7.97. The maximum atomic E-state index is 11.0. The van der Waals surface area contributed by atoms with Crippen molar-refractivity contribution in [2.75, 3.05) is 20.8 Å². The second-order valence-electron chi connectivity index (χ2n) is 4.28. The number of aliphatic hydroxyl groups is 1. The van der Waals surface area contributed by atoms with Crippen LogP contribution in [0, 0.1) is 5.92 Å². The Labute approximate surface area is 134 Å². The molecule has 5 nitrogen and oxygen atoms in total. The van der Waals surface area contributed by atoms with Crippen molar-refractivity contribution >= 4 is 0 Å². The number of hydrogen-bond acceptors (Lipinski definition) is 4. The highest BCUT2D eigenvalue weighted by Gasteiger charge is 2.32. The molecule has 1 aromatic heterocycles. The van der Waals surface area contributed by atoms with E-state index in [1.165, 1.54) is 0 Å². The Morgan fingerprint density at radius 2 is 1.73 bits per heavy atom. The minimum absolute atomic E-state index is 0.0238. The van der Waals surface area contributed by atoms with Crippen molar-refractivity contribution in [2.45, 2.75) is 53.4 Å². The van der Waals surface area contributed by atoms with Crippen molar-refractivity contribution in [3.8, 4) is 0 Å². The summed E-state index contributed by atoms with van der Waals surface area (Å²) in [6.07, 6.45) is 4.67. The fraction of sp³-hybridized carbons (Fsp3) is 0.706. The summed E-state index contributed by atoms with van der Waals surface area (Å²) in [5, 5.41) is 7.00. The number of pyridine rings is 1. The molecular weight excluding hydrogens is 282 g/mol. The number of rotatable bonds is 3. The number of hydrogen-bond donors (Lipinski definition) is 1. The monoisotopic (exact) mass is 315 g/mol. The van der Waals surface area contributed by atoms with Crippen molar-refractivity contribution < 1.29 is 14.6 Å². The zero-order valence-electron chi connectivity index (χ0n) is 15.1. The van der Waals surface area contributed by atoms with Crippen molar-refractivity contribution in [1.82, 2.24) is 4.57 Å². The maximum absolute atomic E-state index is 11.0. The Hall–Kier alpha value is -1.17. The minimum Gasteiger partial charge on any atom is -0.400 e. The molecule has 1 aromatic rings. The van der Waals surface area contributed by atoms with Gasteiger partial charge >= 0.3 is 0 Å². The third-order valence-electron chi connectivity index (χ3n) is 3.03. The van der Waals surface area contributed by atoms with Gasteiger partial charge < -0.3 is 19.1 Å². The van der Waals surface area contributed by atoms with E-state index in [0.29, 0.717) is 12.5 Å². The standard InChI is InChI=1S/C12H17NO3.2C2H6.CH4O/c1-9-7-12(16-11(9)8-15-2)13-5-3-10(14)4-6-13;3*1-2/h3-6,9,11-12H,7-8H2,1-2H3;2*1-2H3;2H,1H3.